The standard InChI is InChI=1S/C20H26N4O3/c1-12(2)19(26)21-16-6-4-5-14(8-16)20(27)24-10-15(18(25)11-24)9-17-7-13(3)22-23-17/h4-8,12,15,18,25H,9-11H2,1-3H3,(H,21,26)(H,22,23)/t15-,18-/m1/s1. The van der Waals surface area contributed by atoms with Crippen molar-refractivity contribution in [2.75, 3.05) is 18.4 Å². The number of carbonyl (C=O) groups excluding carboxylic acids is 2. The maximum absolute atomic E-state index is 12.8. The SMILES string of the molecule is Cc1cc(C[C@@H]2CN(C(=O)c3cccc(NC(=O)C(C)C)c3)C[C@H]2O)n[nH]1. The molecule has 2 amide bonds. The maximum atomic E-state index is 12.8. The average molecular weight is 370 g/mol. The number of aryl methyl sites for hydroxylation is 1. The van der Waals surface area contributed by atoms with Crippen LogP contribution in [0.3, 0.4) is 0 Å². The van der Waals surface area contributed by atoms with Gasteiger partial charge in [-0.25, -0.2) is 0 Å². The Bertz CT molecular complexity index is 830. The Morgan fingerprint density at radius 1 is 1.33 bits per heavy atom. The number of hydrogen-bond acceptors (Lipinski definition) is 4. The molecule has 0 spiro atoms. The average Bonchev–Trinajstić information content (AvgIpc) is 3.20. The van der Waals surface area contributed by atoms with Gasteiger partial charge in [-0.1, -0.05) is 19.9 Å². The Kier molecular flexibility index (Phi) is 5.60. The van der Waals surface area contributed by atoms with Crippen molar-refractivity contribution >= 4 is 17.5 Å². The Hall–Kier alpha value is -2.67. The van der Waals surface area contributed by atoms with Crippen LogP contribution in [-0.2, 0) is 11.2 Å². The molecule has 1 aromatic carbocycles. The van der Waals surface area contributed by atoms with Gasteiger partial charge in [0.15, 0.2) is 0 Å². The molecule has 0 radical (unpaired) electrons. The molecule has 1 aliphatic rings. The first-order chi connectivity index (χ1) is 12.8. The van der Waals surface area contributed by atoms with Crippen LogP contribution in [0.5, 0.6) is 0 Å². The topological polar surface area (TPSA) is 98.3 Å². The number of nitrogens with one attached hydrogen (secondary N) is 2. The summed E-state index contributed by atoms with van der Waals surface area (Å²) in [7, 11) is 0. The number of H-pyrrole nitrogens is 1. The minimum Gasteiger partial charge on any atom is -0.391 e. The fourth-order valence-electron chi connectivity index (χ4n) is 3.27. The number of aliphatic hydroxyl groups excluding tert-OH is 1. The minimum atomic E-state index is -0.574. The molecule has 7 heteroatoms. The van der Waals surface area contributed by atoms with E-state index in [0.29, 0.717) is 30.8 Å². The quantitative estimate of drug-likeness (QED) is 0.750. The van der Waals surface area contributed by atoms with Crippen molar-refractivity contribution in [3.8, 4) is 0 Å². The van der Waals surface area contributed by atoms with Crippen LogP contribution in [-0.4, -0.2) is 51.2 Å². The van der Waals surface area contributed by atoms with E-state index < -0.39 is 6.10 Å². The van der Waals surface area contributed by atoms with Gasteiger partial charge in [0.05, 0.1) is 11.8 Å². The van der Waals surface area contributed by atoms with Gasteiger partial charge in [-0.15, -0.1) is 0 Å². The molecule has 0 aliphatic carbocycles. The molecular weight excluding hydrogens is 344 g/mol. The number of rotatable bonds is 5. The van der Waals surface area contributed by atoms with Crippen molar-refractivity contribution < 1.29 is 14.7 Å². The second-order valence-corrected chi connectivity index (χ2v) is 7.51. The maximum Gasteiger partial charge on any atom is 0.254 e. The number of benzene rings is 1. The first kappa shape index (κ1) is 19.1. The zero-order valence-corrected chi connectivity index (χ0v) is 15.9. The van der Waals surface area contributed by atoms with E-state index in [-0.39, 0.29) is 23.7 Å². The second-order valence-electron chi connectivity index (χ2n) is 7.51. The third kappa shape index (κ3) is 4.54. The van der Waals surface area contributed by atoms with E-state index in [2.05, 4.69) is 15.5 Å². The molecule has 27 heavy (non-hydrogen) atoms. The van der Waals surface area contributed by atoms with Crippen LogP contribution >= 0.6 is 0 Å². The molecule has 1 aromatic heterocycles. The smallest absolute Gasteiger partial charge is 0.254 e. The van der Waals surface area contributed by atoms with E-state index in [1.165, 1.54) is 0 Å². The number of aliphatic hydroxyl groups is 1. The lowest BCUT2D eigenvalue weighted by Gasteiger charge is -2.17. The largest absolute Gasteiger partial charge is 0.391 e. The molecule has 1 saturated heterocycles. The molecule has 0 bridgehead atoms. The summed E-state index contributed by atoms with van der Waals surface area (Å²) in [5.41, 5.74) is 2.97. The zero-order chi connectivity index (χ0) is 19.6. The van der Waals surface area contributed by atoms with E-state index in [0.717, 1.165) is 11.4 Å². The molecule has 3 rings (SSSR count). The van der Waals surface area contributed by atoms with E-state index >= 15 is 0 Å². The van der Waals surface area contributed by atoms with E-state index in [4.69, 9.17) is 0 Å². The zero-order valence-electron chi connectivity index (χ0n) is 15.9. The summed E-state index contributed by atoms with van der Waals surface area (Å²) in [5.74, 6) is -0.411. The van der Waals surface area contributed by atoms with Gasteiger partial charge < -0.3 is 15.3 Å². The summed E-state index contributed by atoms with van der Waals surface area (Å²) < 4.78 is 0. The minimum absolute atomic E-state index is 0.0412. The van der Waals surface area contributed by atoms with E-state index in [1.54, 1.807) is 29.2 Å². The van der Waals surface area contributed by atoms with Crippen LogP contribution < -0.4 is 5.32 Å². The summed E-state index contributed by atoms with van der Waals surface area (Å²) >= 11 is 0. The number of likely N-dealkylation sites (tertiary alicyclic amines) is 1. The van der Waals surface area contributed by atoms with Gasteiger partial charge in [0.1, 0.15) is 0 Å². The Morgan fingerprint density at radius 2 is 2.11 bits per heavy atom. The van der Waals surface area contributed by atoms with Crippen molar-refractivity contribution in [3.05, 3.63) is 47.3 Å². The third-order valence-corrected chi connectivity index (χ3v) is 4.83. The lowest BCUT2D eigenvalue weighted by atomic mass is 10.0. The third-order valence-electron chi connectivity index (χ3n) is 4.83. The Labute approximate surface area is 158 Å². The lowest BCUT2D eigenvalue weighted by Crippen LogP contribution is -2.29. The molecule has 144 valence electrons. The van der Waals surface area contributed by atoms with Crippen LogP contribution in [0, 0.1) is 18.8 Å². The van der Waals surface area contributed by atoms with Gasteiger partial charge >= 0.3 is 0 Å². The lowest BCUT2D eigenvalue weighted by molar-refractivity contribution is -0.118. The monoisotopic (exact) mass is 370 g/mol. The van der Waals surface area contributed by atoms with Crippen LogP contribution in [0.2, 0.25) is 0 Å². The number of nitrogens with zero attached hydrogens (tertiary/aromatic N) is 2. The van der Waals surface area contributed by atoms with E-state index in [9.17, 15) is 14.7 Å². The highest BCUT2D eigenvalue weighted by Crippen LogP contribution is 2.23. The number of β-amino-alcohol motifs (C(OH)–C–C–N with tert-alkyl or cyclic N) is 1. The first-order valence-electron chi connectivity index (χ1n) is 9.22. The van der Waals surface area contributed by atoms with Gasteiger partial charge in [-0.2, -0.15) is 5.10 Å². The van der Waals surface area contributed by atoms with Gasteiger partial charge in [0.25, 0.3) is 5.91 Å². The first-order valence-corrected chi connectivity index (χ1v) is 9.22. The van der Waals surface area contributed by atoms with E-state index in [1.807, 2.05) is 26.8 Å². The summed E-state index contributed by atoms with van der Waals surface area (Å²) in [5, 5.41) is 20.3. The highest BCUT2D eigenvalue weighted by molar-refractivity contribution is 5.97. The number of amides is 2. The summed E-state index contributed by atoms with van der Waals surface area (Å²) in [6.45, 7) is 6.35. The summed E-state index contributed by atoms with van der Waals surface area (Å²) in [4.78, 5) is 26.4. The van der Waals surface area contributed by atoms with Gasteiger partial charge in [0.2, 0.25) is 5.91 Å². The molecule has 2 aromatic rings. The molecule has 0 unspecified atom stereocenters. The second kappa shape index (κ2) is 7.92. The van der Waals surface area contributed by atoms with Gasteiger partial charge in [0, 0.05) is 41.9 Å². The predicted molar refractivity (Wildman–Crippen MR) is 102 cm³/mol. The number of anilines is 1. The molecule has 1 aliphatic heterocycles. The molecule has 0 saturated carbocycles. The molecule has 1 fully saturated rings. The molecule has 2 heterocycles. The molecule has 3 N–H and O–H groups in total. The molecule has 2 atom stereocenters. The summed E-state index contributed by atoms with van der Waals surface area (Å²) in [6, 6.07) is 8.87. The number of aromatic nitrogens is 2. The number of hydrogen-bond donors (Lipinski definition) is 3. The summed E-state index contributed by atoms with van der Waals surface area (Å²) in [6.07, 6.45) is 0.0505. The van der Waals surface area contributed by atoms with Crippen molar-refractivity contribution in [2.24, 2.45) is 11.8 Å². The number of aromatic amines is 1. The Morgan fingerprint density at radius 3 is 2.78 bits per heavy atom. The van der Waals surface area contributed by atoms with Crippen LogP contribution in [0.4, 0.5) is 5.69 Å². The van der Waals surface area contributed by atoms with Gasteiger partial charge in [-0.3, -0.25) is 14.7 Å². The highest BCUT2D eigenvalue weighted by Gasteiger charge is 2.34. The Balaban J connectivity index is 1.66. The predicted octanol–water partition coefficient (Wildman–Crippen LogP) is 1.99. The highest BCUT2D eigenvalue weighted by atomic mass is 16.3. The van der Waals surface area contributed by atoms with Crippen LogP contribution in [0.15, 0.2) is 30.3 Å². The van der Waals surface area contributed by atoms with Crippen LogP contribution in [0.25, 0.3) is 0 Å². The van der Waals surface area contributed by atoms with Gasteiger partial charge in [-0.05, 0) is 37.6 Å². The van der Waals surface area contributed by atoms with Crippen molar-refractivity contribution in [1.82, 2.24) is 15.1 Å². The fraction of sp³-hybridized carbons (Fsp3) is 0.450. The molecule has 7 nitrogen and oxygen atoms in total. The number of carbonyl (C=O) groups is 2. The van der Waals surface area contributed by atoms with Crippen molar-refractivity contribution in [1.29, 1.82) is 0 Å². The fourth-order valence-corrected chi connectivity index (χ4v) is 3.27. The van der Waals surface area contributed by atoms with Crippen LogP contribution in [0.1, 0.15) is 35.6 Å². The van der Waals surface area contributed by atoms with Crippen molar-refractivity contribution in [2.45, 2.75) is 33.3 Å². The normalized spacial score (nSPS) is 19.5. The molecular formula is C20H26N4O3. The van der Waals surface area contributed by atoms with Crippen molar-refractivity contribution in [3.63, 3.8) is 0 Å².